The smallest absolute Gasteiger partial charge is 0.240 e. The molecule has 0 saturated carbocycles. The van der Waals surface area contributed by atoms with Gasteiger partial charge in [-0.25, -0.2) is 10.8 Å². The highest BCUT2D eigenvalue weighted by atomic mass is 35.5. The number of nitrogens with two attached hydrogens (primary N) is 1. The number of nitrogen functional groups attached to an aromatic ring is 1. The molecular formula is C8H11ClN4O. The van der Waals surface area contributed by atoms with Crippen molar-refractivity contribution in [2.75, 3.05) is 12.0 Å². The van der Waals surface area contributed by atoms with Gasteiger partial charge in [0.05, 0.1) is 6.20 Å². The van der Waals surface area contributed by atoms with Gasteiger partial charge in [-0.1, -0.05) is 23.8 Å². The molecule has 14 heavy (non-hydrogen) atoms. The van der Waals surface area contributed by atoms with E-state index in [2.05, 4.69) is 15.4 Å². The molecule has 0 aliphatic heterocycles. The molecule has 0 atom stereocenters. The summed E-state index contributed by atoms with van der Waals surface area (Å²) in [5.41, 5.74) is 2.31. The Morgan fingerprint density at radius 3 is 3.14 bits per heavy atom. The second-order valence-corrected chi connectivity index (χ2v) is 2.78. The number of halogens is 1. The van der Waals surface area contributed by atoms with Crippen molar-refractivity contribution in [3.8, 4) is 5.88 Å². The maximum Gasteiger partial charge on any atom is 0.240 e. The second-order valence-electron chi connectivity index (χ2n) is 2.37. The highest BCUT2D eigenvalue weighted by Gasteiger charge is 2.04. The molecule has 0 unspecified atom stereocenters. The van der Waals surface area contributed by atoms with Crippen LogP contribution in [0, 0.1) is 0 Å². The molecule has 0 aliphatic carbocycles. The molecule has 0 radical (unpaired) electrons. The molecule has 1 heterocycles. The zero-order valence-electron chi connectivity index (χ0n) is 7.70. The zero-order chi connectivity index (χ0) is 10.4. The Hall–Kier alpha value is -1.33. The number of ether oxygens (including phenoxy) is 1. The van der Waals surface area contributed by atoms with Crippen molar-refractivity contribution in [1.29, 1.82) is 0 Å². The van der Waals surface area contributed by atoms with Crippen molar-refractivity contribution >= 4 is 17.5 Å². The largest absolute Gasteiger partial charge is 0.472 e. The van der Waals surface area contributed by atoms with Crippen LogP contribution in [0.15, 0.2) is 18.3 Å². The molecule has 5 nitrogen and oxygen atoms in total. The SMILES string of the molecule is C/C=C/COc1nc(NN)ncc1Cl. The number of anilines is 1. The van der Waals surface area contributed by atoms with Gasteiger partial charge in [-0.05, 0) is 6.92 Å². The highest BCUT2D eigenvalue weighted by Crippen LogP contribution is 2.21. The van der Waals surface area contributed by atoms with Crippen LogP contribution in [-0.2, 0) is 0 Å². The van der Waals surface area contributed by atoms with Gasteiger partial charge >= 0.3 is 0 Å². The number of nitrogens with one attached hydrogen (secondary N) is 1. The third kappa shape index (κ3) is 2.86. The van der Waals surface area contributed by atoms with Gasteiger partial charge < -0.3 is 4.74 Å². The normalized spacial score (nSPS) is 10.5. The van der Waals surface area contributed by atoms with E-state index < -0.39 is 0 Å². The van der Waals surface area contributed by atoms with Gasteiger partial charge in [0.15, 0.2) is 0 Å². The molecule has 0 fully saturated rings. The first-order valence-electron chi connectivity index (χ1n) is 4.01. The molecule has 0 saturated heterocycles. The Labute approximate surface area is 86.9 Å². The maximum atomic E-state index is 5.79. The van der Waals surface area contributed by atoms with Crippen LogP contribution in [0.25, 0.3) is 0 Å². The summed E-state index contributed by atoms with van der Waals surface area (Å²) >= 11 is 5.79. The van der Waals surface area contributed by atoms with Crippen molar-refractivity contribution < 1.29 is 4.74 Å². The van der Waals surface area contributed by atoms with Gasteiger partial charge in [0.25, 0.3) is 0 Å². The van der Waals surface area contributed by atoms with E-state index in [0.29, 0.717) is 17.5 Å². The number of hydrazine groups is 1. The summed E-state index contributed by atoms with van der Waals surface area (Å²) in [6.45, 7) is 2.31. The standard InChI is InChI=1S/C8H11ClN4O/c1-2-3-4-14-7-6(9)5-11-8(12-7)13-10/h2-3,5H,4,10H2,1H3,(H,11,12,13)/b3-2+. The van der Waals surface area contributed by atoms with Gasteiger partial charge in [-0.15, -0.1) is 0 Å². The lowest BCUT2D eigenvalue weighted by Gasteiger charge is -2.05. The van der Waals surface area contributed by atoms with Crippen LogP contribution in [0.2, 0.25) is 5.02 Å². The second kappa shape index (κ2) is 5.41. The predicted octanol–water partition coefficient (Wildman–Crippen LogP) is 1.37. The van der Waals surface area contributed by atoms with Gasteiger partial charge in [-0.2, -0.15) is 4.98 Å². The van der Waals surface area contributed by atoms with Crippen LogP contribution in [0.4, 0.5) is 5.95 Å². The molecule has 6 heteroatoms. The fourth-order valence-electron chi connectivity index (χ4n) is 0.746. The first kappa shape index (κ1) is 10.7. The number of rotatable bonds is 4. The summed E-state index contributed by atoms with van der Waals surface area (Å²) in [5.74, 6) is 5.72. The van der Waals surface area contributed by atoms with Gasteiger partial charge in [0.1, 0.15) is 11.6 Å². The van der Waals surface area contributed by atoms with E-state index >= 15 is 0 Å². The van der Waals surface area contributed by atoms with Gasteiger partial charge in [-0.3, -0.25) is 5.43 Å². The minimum absolute atomic E-state index is 0.268. The fourth-order valence-corrected chi connectivity index (χ4v) is 0.891. The summed E-state index contributed by atoms with van der Waals surface area (Å²) in [6, 6.07) is 0. The summed E-state index contributed by atoms with van der Waals surface area (Å²) < 4.78 is 5.25. The number of hydrogen-bond acceptors (Lipinski definition) is 5. The quantitative estimate of drug-likeness (QED) is 0.450. The predicted molar refractivity (Wildman–Crippen MR) is 55.2 cm³/mol. The van der Waals surface area contributed by atoms with Crippen molar-refractivity contribution in [3.05, 3.63) is 23.4 Å². The van der Waals surface area contributed by atoms with E-state index in [4.69, 9.17) is 22.2 Å². The Morgan fingerprint density at radius 1 is 1.71 bits per heavy atom. The van der Waals surface area contributed by atoms with Crippen LogP contribution in [0.3, 0.4) is 0 Å². The number of allylic oxidation sites excluding steroid dienone is 1. The lowest BCUT2D eigenvalue weighted by Crippen LogP contribution is -2.11. The Morgan fingerprint density at radius 2 is 2.50 bits per heavy atom. The first-order chi connectivity index (χ1) is 6.77. The Bertz CT molecular complexity index is 329. The summed E-state index contributed by atoms with van der Waals surface area (Å²) in [7, 11) is 0. The van der Waals surface area contributed by atoms with Crippen LogP contribution in [-0.4, -0.2) is 16.6 Å². The van der Waals surface area contributed by atoms with Crippen molar-refractivity contribution in [2.45, 2.75) is 6.92 Å². The molecule has 1 aromatic rings. The van der Waals surface area contributed by atoms with Crippen LogP contribution >= 0.6 is 11.6 Å². The highest BCUT2D eigenvalue weighted by molar-refractivity contribution is 6.31. The number of hydrogen-bond donors (Lipinski definition) is 2. The van der Waals surface area contributed by atoms with Gasteiger partial charge in [0.2, 0.25) is 11.8 Å². The molecule has 0 aliphatic rings. The summed E-state index contributed by atoms with van der Waals surface area (Å²) in [5, 5.41) is 0.355. The first-order valence-corrected chi connectivity index (χ1v) is 4.39. The molecule has 1 rings (SSSR count). The van der Waals surface area contributed by atoms with E-state index in [9.17, 15) is 0 Å². The molecule has 76 valence electrons. The topological polar surface area (TPSA) is 73.1 Å². The Balaban J connectivity index is 2.73. The van der Waals surface area contributed by atoms with E-state index in [1.54, 1.807) is 0 Å². The number of nitrogens with zero attached hydrogens (tertiary/aromatic N) is 2. The molecule has 3 N–H and O–H groups in total. The van der Waals surface area contributed by atoms with Gasteiger partial charge in [0, 0.05) is 0 Å². The summed E-state index contributed by atoms with van der Waals surface area (Å²) in [4.78, 5) is 7.74. The molecule has 0 amide bonds. The minimum Gasteiger partial charge on any atom is -0.472 e. The van der Waals surface area contributed by atoms with E-state index in [1.807, 2.05) is 19.1 Å². The maximum absolute atomic E-state index is 5.79. The number of aromatic nitrogens is 2. The van der Waals surface area contributed by atoms with E-state index in [-0.39, 0.29) is 5.95 Å². The van der Waals surface area contributed by atoms with Crippen LogP contribution in [0.5, 0.6) is 5.88 Å². The molecular weight excluding hydrogens is 204 g/mol. The van der Waals surface area contributed by atoms with E-state index in [1.165, 1.54) is 6.20 Å². The fraction of sp³-hybridized carbons (Fsp3) is 0.250. The summed E-state index contributed by atoms with van der Waals surface area (Å²) in [6.07, 6.45) is 5.14. The third-order valence-corrected chi connectivity index (χ3v) is 1.65. The average molecular weight is 215 g/mol. The molecule has 0 spiro atoms. The third-order valence-electron chi connectivity index (χ3n) is 1.39. The molecule has 0 bridgehead atoms. The average Bonchev–Trinajstić information content (AvgIpc) is 2.21. The van der Waals surface area contributed by atoms with Crippen LogP contribution < -0.4 is 16.0 Å². The van der Waals surface area contributed by atoms with Crippen molar-refractivity contribution in [3.63, 3.8) is 0 Å². The monoisotopic (exact) mass is 214 g/mol. The van der Waals surface area contributed by atoms with Crippen molar-refractivity contribution in [1.82, 2.24) is 9.97 Å². The minimum atomic E-state index is 0.268. The van der Waals surface area contributed by atoms with Crippen molar-refractivity contribution in [2.24, 2.45) is 5.84 Å². The van der Waals surface area contributed by atoms with E-state index in [0.717, 1.165) is 0 Å². The Kier molecular flexibility index (Phi) is 4.15. The molecule has 1 aromatic heterocycles. The lowest BCUT2D eigenvalue weighted by atomic mass is 10.5. The lowest BCUT2D eigenvalue weighted by molar-refractivity contribution is 0.348. The molecule has 0 aromatic carbocycles. The zero-order valence-corrected chi connectivity index (χ0v) is 8.45. The van der Waals surface area contributed by atoms with Crippen LogP contribution in [0.1, 0.15) is 6.92 Å².